The zero-order chi connectivity index (χ0) is 42.3. The maximum atomic E-state index is 13.8. The summed E-state index contributed by atoms with van der Waals surface area (Å²) in [6, 6.07) is 33.5. The van der Waals surface area contributed by atoms with Crippen molar-refractivity contribution in [2.45, 2.75) is 0 Å². The fourth-order valence-corrected chi connectivity index (χ4v) is 9.57. The summed E-state index contributed by atoms with van der Waals surface area (Å²) in [6.45, 7) is 0. The van der Waals surface area contributed by atoms with Crippen LogP contribution >= 0.6 is 69.6 Å². The molecule has 294 valence electrons. The minimum atomic E-state index is -0.587. The van der Waals surface area contributed by atoms with E-state index in [2.05, 4.69) is 0 Å². The molecule has 0 aliphatic carbocycles. The molecule has 60 heavy (non-hydrogen) atoms. The number of halogens is 6. The first-order chi connectivity index (χ1) is 28.7. The number of imide groups is 2. The lowest BCUT2D eigenvalue weighted by Gasteiger charge is -2.20. The molecule has 4 amide bonds. The van der Waals surface area contributed by atoms with Crippen LogP contribution in [0.2, 0.25) is 30.1 Å². The molecule has 0 unspecified atom stereocenters. The number of fused-ring (bicyclic) bond motifs is 2. The third-order valence-corrected chi connectivity index (χ3v) is 12.2. The van der Waals surface area contributed by atoms with Crippen molar-refractivity contribution in [1.82, 2.24) is 0 Å². The molecule has 0 aromatic heterocycles. The highest BCUT2D eigenvalue weighted by atomic mass is 35.5. The topological polar surface area (TPSA) is 127 Å². The van der Waals surface area contributed by atoms with Crippen molar-refractivity contribution >= 4 is 116 Å². The van der Waals surface area contributed by atoms with Gasteiger partial charge in [0.25, 0.3) is 23.6 Å². The largest absolute Gasteiger partial charge is 0.399 e. The molecule has 7 aromatic carbocycles. The summed E-state index contributed by atoms with van der Waals surface area (Å²) in [7, 11) is 0. The van der Waals surface area contributed by atoms with Crippen molar-refractivity contribution in [1.29, 1.82) is 0 Å². The number of benzene rings is 7. The molecule has 0 saturated carbocycles. The van der Waals surface area contributed by atoms with Gasteiger partial charge in [-0.15, -0.1) is 0 Å². The molecule has 7 aromatic rings. The first-order valence-corrected chi connectivity index (χ1v) is 20.2. The highest BCUT2D eigenvalue weighted by Gasteiger charge is 2.40. The van der Waals surface area contributed by atoms with Crippen LogP contribution in [0.5, 0.6) is 0 Å². The molecule has 0 saturated heterocycles. The maximum Gasteiger partial charge on any atom is 0.266 e. The average molecular weight is 909 g/mol. The van der Waals surface area contributed by atoms with Gasteiger partial charge >= 0.3 is 0 Å². The van der Waals surface area contributed by atoms with Gasteiger partial charge in [0.1, 0.15) is 0 Å². The number of carbonyl (C=O) groups excluding carboxylic acids is 4. The lowest BCUT2D eigenvalue weighted by atomic mass is 9.99. The third-order valence-electron chi connectivity index (χ3n) is 10.4. The summed E-state index contributed by atoms with van der Waals surface area (Å²) < 4.78 is 0. The predicted molar refractivity (Wildman–Crippen MR) is 242 cm³/mol. The van der Waals surface area contributed by atoms with E-state index in [9.17, 15) is 19.2 Å². The summed E-state index contributed by atoms with van der Waals surface area (Å²) in [5, 5.41) is 0.571. The molecule has 0 fully saturated rings. The van der Waals surface area contributed by atoms with Crippen LogP contribution in [0.1, 0.15) is 41.4 Å². The van der Waals surface area contributed by atoms with Gasteiger partial charge < -0.3 is 11.5 Å². The van der Waals surface area contributed by atoms with Crippen molar-refractivity contribution in [3.05, 3.63) is 174 Å². The summed E-state index contributed by atoms with van der Waals surface area (Å²) in [4.78, 5) is 56.6. The molecule has 0 spiro atoms. The number of hydrogen-bond acceptors (Lipinski definition) is 6. The Balaban J connectivity index is 0.998. The Morgan fingerprint density at radius 2 is 0.667 bits per heavy atom. The average Bonchev–Trinajstić information content (AvgIpc) is 3.60. The number of nitrogen functional groups attached to an aromatic ring is 2. The lowest BCUT2D eigenvalue weighted by molar-refractivity contribution is 0.0910. The number of nitrogens with zero attached hydrogens (tertiary/aromatic N) is 2. The van der Waals surface area contributed by atoms with Crippen LogP contribution < -0.4 is 21.3 Å². The SMILES string of the molecule is Nc1ccc(-c2ccc3c(c2)C(=O)N(c2cc(Cl)c(-c4cc(Cl)c(-c5cc(Cl)c(N6C(=O)c7ccc(-c8ccc(N)cc8)cc7C6=O)c(Cl)c5)c(Cl)c4)c(Cl)c2)C3=O)cc1. The number of rotatable bonds is 6. The molecule has 9 rings (SSSR count). The van der Waals surface area contributed by atoms with Crippen molar-refractivity contribution < 1.29 is 19.2 Å². The number of carbonyl (C=O) groups is 4. The minimum absolute atomic E-state index is 0.00159. The van der Waals surface area contributed by atoms with Crippen LogP contribution in [0.3, 0.4) is 0 Å². The maximum absolute atomic E-state index is 13.8. The van der Waals surface area contributed by atoms with Gasteiger partial charge in [-0.05, 0) is 118 Å². The van der Waals surface area contributed by atoms with E-state index >= 15 is 0 Å². The van der Waals surface area contributed by atoms with E-state index in [0.29, 0.717) is 33.6 Å². The molecular formula is C46H24Cl6N4O4. The first kappa shape index (κ1) is 39.6. The van der Waals surface area contributed by atoms with E-state index in [4.69, 9.17) is 81.1 Å². The van der Waals surface area contributed by atoms with Crippen molar-refractivity contribution in [3.63, 3.8) is 0 Å². The van der Waals surface area contributed by atoms with Gasteiger partial charge in [-0.3, -0.25) is 19.2 Å². The Kier molecular flexibility index (Phi) is 9.91. The standard InChI is InChI=1S/C46H24Cl6N4O4/c47-34-15-25(41-36(49)19-29(20-37(41)50)55-43(57)30-11-5-23(13-32(30)45(55)59)21-1-7-27(53)8-2-21)16-35(48)40(34)26-17-38(51)42(39(52)18-26)56-44(58)31-12-6-24(14-33(31)46(56)60)22-3-9-28(54)10-4-22/h1-20H,53-54H2. The number of hydrogen-bond donors (Lipinski definition) is 2. The van der Waals surface area contributed by atoms with Crippen LogP contribution in [0.15, 0.2) is 121 Å². The molecule has 0 bridgehead atoms. The van der Waals surface area contributed by atoms with Gasteiger partial charge in [0.15, 0.2) is 0 Å². The van der Waals surface area contributed by atoms with E-state index in [-0.39, 0.29) is 63.8 Å². The smallest absolute Gasteiger partial charge is 0.266 e. The summed E-state index contributed by atoms with van der Waals surface area (Å²) >= 11 is 41.0. The first-order valence-electron chi connectivity index (χ1n) is 18.0. The Morgan fingerprint density at radius 1 is 0.333 bits per heavy atom. The Morgan fingerprint density at radius 3 is 1.10 bits per heavy atom. The van der Waals surface area contributed by atoms with Gasteiger partial charge in [0.05, 0.1) is 63.8 Å². The van der Waals surface area contributed by atoms with Crippen LogP contribution in [0, 0.1) is 0 Å². The predicted octanol–water partition coefficient (Wildman–Crippen LogP) is 13.0. The van der Waals surface area contributed by atoms with Gasteiger partial charge in [0, 0.05) is 22.5 Å². The van der Waals surface area contributed by atoms with E-state index in [0.717, 1.165) is 32.1 Å². The molecule has 8 nitrogen and oxygen atoms in total. The van der Waals surface area contributed by atoms with Crippen molar-refractivity contribution in [3.8, 4) is 44.5 Å². The van der Waals surface area contributed by atoms with Crippen molar-refractivity contribution in [2.75, 3.05) is 21.3 Å². The van der Waals surface area contributed by atoms with Crippen LogP contribution in [0.25, 0.3) is 44.5 Å². The molecule has 4 N–H and O–H groups in total. The highest BCUT2D eigenvalue weighted by molar-refractivity contribution is 6.46. The quantitative estimate of drug-likeness (QED) is 0.126. The fraction of sp³-hybridized carbons (Fsp3) is 0. The zero-order valence-electron chi connectivity index (χ0n) is 30.5. The van der Waals surface area contributed by atoms with Crippen LogP contribution in [-0.2, 0) is 0 Å². The second-order valence-electron chi connectivity index (χ2n) is 14.0. The molecular weight excluding hydrogens is 885 g/mol. The number of amides is 4. The van der Waals surface area contributed by atoms with Crippen LogP contribution in [-0.4, -0.2) is 23.6 Å². The molecule has 2 heterocycles. The number of nitrogens with two attached hydrogens (primary N) is 2. The van der Waals surface area contributed by atoms with E-state index < -0.39 is 23.6 Å². The van der Waals surface area contributed by atoms with E-state index in [1.165, 1.54) is 24.3 Å². The Labute approximate surface area is 372 Å². The Hall–Kier alpha value is -5.84. The minimum Gasteiger partial charge on any atom is -0.399 e. The van der Waals surface area contributed by atoms with Crippen molar-refractivity contribution in [2.24, 2.45) is 0 Å². The molecule has 0 radical (unpaired) electrons. The highest BCUT2D eigenvalue weighted by Crippen LogP contribution is 2.48. The number of anilines is 4. The van der Waals surface area contributed by atoms with Gasteiger partial charge in [-0.1, -0.05) is 106 Å². The summed E-state index contributed by atoms with van der Waals surface area (Å²) in [5.41, 5.74) is 18.6. The molecule has 2 aliphatic heterocycles. The third kappa shape index (κ3) is 6.57. The van der Waals surface area contributed by atoms with Gasteiger partial charge in [0.2, 0.25) is 0 Å². The zero-order valence-corrected chi connectivity index (χ0v) is 35.0. The normalized spacial score (nSPS) is 13.4. The van der Waals surface area contributed by atoms with Crippen LogP contribution in [0.4, 0.5) is 22.7 Å². The fourth-order valence-electron chi connectivity index (χ4n) is 7.51. The summed E-state index contributed by atoms with van der Waals surface area (Å²) in [5.74, 6) is -2.22. The second-order valence-corrected chi connectivity index (χ2v) is 16.5. The molecule has 2 aliphatic rings. The second kappa shape index (κ2) is 15.0. The van der Waals surface area contributed by atoms with Gasteiger partial charge in [-0.2, -0.15) is 0 Å². The van der Waals surface area contributed by atoms with Gasteiger partial charge in [-0.25, -0.2) is 9.80 Å². The molecule has 14 heteroatoms. The lowest BCUT2D eigenvalue weighted by Crippen LogP contribution is -2.30. The van der Waals surface area contributed by atoms with E-state index in [1.807, 2.05) is 24.3 Å². The summed E-state index contributed by atoms with van der Waals surface area (Å²) in [6.07, 6.45) is 0. The Bertz CT molecular complexity index is 2990. The van der Waals surface area contributed by atoms with E-state index in [1.54, 1.807) is 72.8 Å². The monoisotopic (exact) mass is 906 g/mol. The molecule has 0 atom stereocenters.